The lowest BCUT2D eigenvalue weighted by Crippen LogP contribution is -2.35. The number of hydrogen-bond donors (Lipinski definition) is 1. The van der Waals surface area contributed by atoms with Crippen molar-refractivity contribution in [3.05, 3.63) is 239 Å². The first-order chi connectivity index (χ1) is 40.9. The van der Waals surface area contributed by atoms with Crippen molar-refractivity contribution in [1.82, 2.24) is 4.67 Å². The van der Waals surface area contributed by atoms with Crippen molar-refractivity contribution in [3.63, 3.8) is 0 Å². The quantitative estimate of drug-likeness (QED) is 0.0346. The molecule has 0 aromatic heterocycles. The number of fused-ring (bicyclic) bond motifs is 4. The van der Waals surface area contributed by atoms with Crippen LogP contribution in [0.15, 0.2) is 194 Å². The van der Waals surface area contributed by atoms with E-state index < -0.39 is 20.0 Å². The van der Waals surface area contributed by atoms with Crippen molar-refractivity contribution < 1.29 is 33.1 Å². The van der Waals surface area contributed by atoms with Crippen LogP contribution in [0.3, 0.4) is 0 Å². The zero-order valence-electron chi connectivity index (χ0n) is 48.9. The molecule has 3 unspecified atom stereocenters. The number of ether oxygens (including phenoxy) is 5. The van der Waals surface area contributed by atoms with Crippen LogP contribution in [0.25, 0.3) is 43.1 Å². The Kier molecular flexibility index (Phi) is 18.6. The number of benzene rings is 10. The Morgan fingerprint density at radius 1 is 0.476 bits per heavy atom. The van der Waals surface area contributed by atoms with Crippen LogP contribution in [0, 0.1) is 46.8 Å². The van der Waals surface area contributed by atoms with Crippen LogP contribution in [0.5, 0.6) is 23.0 Å². The maximum atomic E-state index is 11.5. The standard InChI is InChI=1S/C74H69N2O7P/c1-50(2)76(51(3)4)84(77)83-49-54(47-75)43-53(48-82-74(59-20-10-9-11-21-59,60-27-31-62(78-5)32-28-60)61-29-33-63(79-6)34-30-61)42-52-24-37-71-70(38-25-55-16-14-18-57-45-64(80-7)35-40-66(55)57)68-22-12-13-23-69(68)72(73(71)44-52)39-26-56-17-15-19-58-46-65(81-8)36-41-67(56)58/h9-24,27-37,40-41,44-46,50-51,53-54,77H,42-43,48-49H2,1-8H3. The van der Waals surface area contributed by atoms with E-state index in [4.69, 9.17) is 28.2 Å². The highest BCUT2D eigenvalue weighted by atomic mass is 31.2. The van der Waals surface area contributed by atoms with E-state index in [0.717, 1.165) is 111 Å². The lowest BCUT2D eigenvalue weighted by Gasteiger charge is -2.37. The minimum Gasteiger partial charge on any atom is -0.497 e. The number of nitriles is 1. The maximum Gasteiger partial charge on any atom is 0.256 e. The van der Waals surface area contributed by atoms with Gasteiger partial charge in [0.05, 0.1) is 53.6 Å². The normalized spacial score (nSPS) is 12.6. The van der Waals surface area contributed by atoms with Crippen LogP contribution in [0.4, 0.5) is 0 Å². The van der Waals surface area contributed by atoms with Crippen LogP contribution in [-0.2, 0) is 21.3 Å². The van der Waals surface area contributed by atoms with Crippen molar-refractivity contribution in [1.29, 1.82) is 5.26 Å². The van der Waals surface area contributed by atoms with Gasteiger partial charge in [-0.15, -0.1) is 0 Å². The van der Waals surface area contributed by atoms with Gasteiger partial charge in [-0.05, 0) is 191 Å². The third-order valence-corrected chi connectivity index (χ3v) is 17.3. The molecule has 3 atom stereocenters. The zero-order valence-corrected chi connectivity index (χ0v) is 49.7. The van der Waals surface area contributed by atoms with Gasteiger partial charge in [0.15, 0.2) is 0 Å². The fraction of sp³-hybridized carbons (Fsp3) is 0.230. The van der Waals surface area contributed by atoms with Crippen LogP contribution >= 0.6 is 8.53 Å². The molecule has 0 aliphatic heterocycles. The van der Waals surface area contributed by atoms with Gasteiger partial charge in [-0.3, -0.25) is 0 Å². The Labute approximate surface area is 495 Å². The van der Waals surface area contributed by atoms with E-state index in [1.54, 1.807) is 28.4 Å². The largest absolute Gasteiger partial charge is 0.497 e. The summed E-state index contributed by atoms with van der Waals surface area (Å²) >= 11 is 0. The van der Waals surface area contributed by atoms with E-state index in [0.29, 0.717) is 12.8 Å². The molecule has 0 amide bonds. The molecular formula is C74H69N2O7P. The number of rotatable bonds is 20. The molecule has 0 aliphatic carbocycles. The molecule has 0 aliphatic rings. The topological polar surface area (TPSA) is 103 Å². The molecule has 84 heavy (non-hydrogen) atoms. The second-order valence-electron chi connectivity index (χ2n) is 21.5. The third kappa shape index (κ3) is 12.6. The van der Waals surface area contributed by atoms with E-state index in [2.05, 4.69) is 145 Å². The Hall–Kier alpha value is -8.68. The van der Waals surface area contributed by atoms with Gasteiger partial charge in [0, 0.05) is 34.3 Å². The highest BCUT2D eigenvalue weighted by Crippen LogP contribution is 2.44. The predicted octanol–water partition coefficient (Wildman–Crippen LogP) is 16.2. The Morgan fingerprint density at radius 2 is 0.940 bits per heavy atom. The number of nitrogens with zero attached hydrogens (tertiary/aromatic N) is 2. The molecule has 0 saturated heterocycles. The Balaban J connectivity index is 1.13. The summed E-state index contributed by atoms with van der Waals surface area (Å²) in [7, 11) is 4.71. The molecule has 1 N–H and O–H groups in total. The van der Waals surface area contributed by atoms with Crippen LogP contribution in [0.2, 0.25) is 0 Å². The maximum absolute atomic E-state index is 11.5. The first-order valence-electron chi connectivity index (χ1n) is 28.4. The van der Waals surface area contributed by atoms with Crippen molar-refractivity contribution in [2.75, 3.05) is 41.7 Å². The molecule has 0 spiro atoms. The van der Waals surface area contributed by atoms with Gasteiger partial charge in [0.1, 0.15) is 28.6 Å². The van der Waals surface area contributed by atoms with Crippen molar-refractivity contribution in [2.45, 2.75) is 58.2 Å². The van der Waals surface area contributed by atoms with Gasteiger partial charge < -0.3 is 33.1 Å². The molecule has 0 fully saturated rings. The molecule has 0 radical (unpaired) electrons. The third-order valence-electron chi connectivity index (χ3n) is 15.6. The molecule has 0 bridgehead atoms. The van der Waals surface area contributed by atoms with E-state index in [1.807, 2.05) is 111 Å². The fourth-order valence-electron chi connectivity index (χ4n) is 11.5. The highest BCUT2D eigenvalue weighted by Gasteiger charge is 2.39. The molecular weight excluding hydrogens is 1060 g/mol. The Bertz CT molecular complexity index is 4060. The van der Waals surface area contributed by atoms with Crippen molar-refractivity contribution in [3.8, 4) is 52.7 Å². The van der Waals surface area contributed by atoms with Gasteiger partial charge in [0.2, 0.25) is 0 Å². The van der Waals surface area contributed by atoms with Crippen molar-refractivity contribution >= 4 is 51.6 Å². The Morgan fingerprint density at radius 3 is 1.44 bits per heavy atom. The average Bonchev–Trinajstić information content (AvgIpc) is 3.64. The summed E-state index contributed by atoms with van der Waals surface area (Å²) in [6.45, 7) is 8.43. The van der Waals surface area contributed by atoms with E-state index in [9.17, 15) is 10.2 Å². The summed E-state index contributed by atoms with van der Waals surface area (Å²) in [5, 5.41) is 19.1. The second-order valence-corrected chi connectivity index (χ2v) is 22.7. The van der Waals surface area contributed by atoms with E-state index in [1.165, 1.54) is 0 Å². The van der Waals surface area contributed by atoms with Gasteiger partial charge in [0.25, 0.3) is 8.53 Å². The van der Waals surface area contributed by atoms with Gasteiger partial charge >= 0.3 is 0 Å². The van der Waals surface area contributed by atoms with Gasteiger partial charge in [-0.2, -0.15) is 5.26 Å². The van der Waals surface area contributed by atoms with Crippen LogP contribution in [-0.4, -0.2) is 63.3 Å². The zero-order chi connectivity index (χ0) is 58.7. The summed E-state index contributed by atoms with van der Waals surface area (Å²) in [6.07, 6.45) is 0.925. The molecule has 10 rings (SSSR count). The SMILES string of the molecule is COc1ccc(C(OCC(Cc2ccc3c(C#Cc4cccc5cc(OC)ccc45)c4ccccc4c(C#Cc4cccc5cc(OC)ccc45)c3c2)CC(C#N)COP(O)N(C(C)C)C(C)C)(c2ccccc2)c2ccc(OC)cc2)cc1. The summed E-state index contributed by atoms with van der Waals surface area (Å²) in [5.74, 6) is 16.8. The van der Waals surface area contributed by atoms with Crippen LogP contribution in [0.1, 0.15) is 78.6 Å². The molecule has 9 nitrogen and oxygen atoms in total. The average molecular weight is 1130 g/mol. The summed E-state index contributed by atoms with van der Waals surface area (Å²) in [6, 6.07) is 68.5. The number of hydrogen-bond acceptors (Lipinski definition) is 9. The highest BCUT2D eigenvalue weighted by molar-refractivity contribution is 7.43. The van der Waals surface area contributed by atoms with E-state index >= 15 is 0 Å². The summed E-state index contributed by atoms with van der Waals surface area (Å²) < 4.78 is 38.4. The van der Waals surface area contributed by atoms with Crippen molar-refractivity contribution in [2.24, 2.45) is 11.8 Å². The number of methoxy groups -OCH3 is 4. The first-order valence-corrected chi connectivity index (χ1v) is 29.5. The molecule has 0 heterocycles. The molecule has 422 valence electrons. The first kappa shape index (κ1) is 58.5. The lowest BCUT2D eigenvalue weighted by molar-refractivity contribution is -0.0122. The molecule has 10 aromatic rings. The predicted molar refractivity (Wildman–Crippen MR) is 341 cm³/mol. The minimum absolute atomic E-state index is 0.0369. The monoisotopic (exact) mass is 1130 g/mol. The summed E-state index contributed by atoms with van der Waals surface area (Å²) in [4.78, 5) is 11.5. The molecule has 10 aromatic carbocycles. The van der Waals surface area contributed by atoms with Gasteiger partial charge in [-0.25, -0.2) is 4.67 Å². The van der Waals surface area contributed by atoms with Gasteiger partial charge in [-0.1, -0.05) is 139 Å². The second kappa shape index (κ2) is 26.7. The summed E-state index contributed by atoms with van der Waals surface area (Å²) in [5.41, 5.74) is 6.21. The minimum atomic E-state index is -1.97. The van der Waals surface area contributed by atoms with E-state index in [-0.39, 0.29) is 31.2 Å². The molecule has 10 heteroatoms. The fourth-order valence-corrected chi connectivity index (χ4v) is 12.7. The lowest BCUT2D eigenvalue weighted by atomic mass is 9.79. The van der Waals surface area contributed by atoms with Crippen LogP contribution < -0.4 is 18.9 Å². The smallest absolute Gasteiger partial charge is 0.256 e. The molecule has 0 saturated carbocycles.